The van der Waals surface area contributed by atoms with Crippen molar-refractivity contribution in [3.05, 3.63) is 106 Å². The minimum absolute atomic E-state index is 0.209. The summed E-state index contributed by atoms with van der Waals surface area (Å²) in [7, 11) is 0. The van der Waals surface area contributed by atoms with Crippen molar-refractivity contribution in [2.24, 2.45) is 0 Å². The summed E-state index contributed by atoms with van der Waals surface area (Å²) in [4.78, 5) is 13.6. The third kappa shape index (κ3) is 4.50. The summed E-state index contributed by atoms with van der Waals surface area (Å²) in [5.74, 6) is 1.02. The first kappa shape index (κ1) is 22.3. The first-order chi connectivity index (χ1) is 17.0. The molecule has 1 aliphatic heterocycles. The number of aromatic nitrogens is 4. The van der Waals surface area contributed by atoms with E-state index >= 15 is 0 Å². The Hall–Kier alpha value is -4.46. The normalized spacial score (nSPS) is 14.8. The molecule has 35 heavy (non-hydrogen) atoms. The topological polar surface area (TPSA) is 94.0 Å². The highest BCUT2D eigenvalue weighted by atomic mass is 16.5. The summed E-state index contributed by atoms with van der Waals surface area (Å²) < 4.78 is 7.57. The number of nitrogens with zero attached hydrogens (tertiary/aromatic N) is 4. The third-order valence-electron chi connectivity index (χ3n) is 6.26. The SMILES string of the molecule is CC1=C(C(=O)Nc2cccc(C)c2C)C(c2ccc(OCc3ccccc3)cc2)n2nnnc2N1. The molecule has 0 radical (unpaired) electrons. The molecule has 0 aliphatic carbocycles. The summed E-state index contributed by atoms with van der Waals surface area (Å²) in [6, 6.07) is 23.1. The summed E-state index contributed by atoms with van der Waals surface area (Å²) >= 11 is 0. The number of nitrogens with one attached hydrogen (secondary N) is 2. The lowest BCUT2D eigenvalue weighted by Gasteiger charge is -2.28. The minimum atomic E-state index is -0.491. The van der Waals surface area contributed by atoms with Crippen molar-refractivity contribution in [3.8, 4) is 5.75 Å². The molecule has 4 aromatic rings. The van der Waals surface area contributed by atoms with Crippen LogP contribution in [0.4, 0.5) is 11.6 Å². The van der Waals surface area contributed by atoms with Gasteiger partial charge in [-0.25, -0.2) is 0 Å². The second-order valence-corrected chi connectivity index (χ2v) is 8.56. The van der Waals surface area contributed by atoms with Crippen LogP contribution in [0.3, 0.4) is 0 Å². The van der Waals surface area contributed by atoms with Crippen LogP contribution < -0.4 is 15.4 Å². The quantitative estimate of drug-likeness (QED) is 0.424. The van der Waals surface area contributed by atoms with E-state index in [1.165, 1.54) is 0 Å². The number of benzene rings is 3. The molecule has 8 nitrogen and oxygen atoms in total. The van der Waals surface area contributed by atoms with E-state index in [9.17, 15) is 4.79 Å². The average Bonchev–Trinajstić information content (AvgIpc) is 3.34. The molecule has 1 aliphatic rings. The van der Waals surface area contributed by atoms with Gasteiger partial charge in [0.25, 0.3) is 5.91 Å². The van der Waals surface area contributed by atoms with Crippen molar-refractivity contribution >= 4 is 17.5 Å². The Morgan fingerprint density at radius 1 is 1.00 bits per heavy atom. The first-order valence-electron chi connectivity index (χ1n) is 11.4. The molecule has 1 unspecified atom stereocenters. The highest BCUT2D eigenvalue weighted by molar-refractivity contribution is 6.06. The molecule has 0 spiro atoms. The predicted molar refractivity (Wildman–Crippen MR) is 134 cm³/mol. The largest absolute Gasteiger partial charge is 0.489 e. The van der Waals surface area contributed by atoms with E-state index in [0.29, 0.717) is 23.8 Å². The zero-order chi connectivity index (χ0) is 24.4. The van der Waals surface area contributed by atoms with Crippen LogP contribution in [0, 0.1) is 13.8 Å². The number of ether oxygens (including phenoxy) is 1. The van der Waals surface area contributed by atoms with Crippen LogP contribution in [0.5, 0.6) is 5.75 Å². The van der Waals surface area contributed by atoms with Crippen LogP contribution in [0.2, 0.25) is 0 Å². The maximum atomic E-state index is 13.6. The van der Waals surface area contributed by atoms with E-state index in [1.54, 1.807) is 4.68 Å². The van der Waals surface area contributed by atoms with Crippen LogP contribution >= 0.6 is 0 Å². The average molecular weight is 467 g/mol. The number of fused-ring (bicyclic) bond motifs is 1. The van der Waals surface area contributed by atoms with Gasteiger partial charge < -0.3 is 15.4 Å². The van der Waals surface area contributed by atoms with Gasteiger partial charge in [-0.1, -0.05) is 59.7 Å². The third-order valence-corrected chi connectivity index (χ3v) is 6.26. The molecule has 8 heteroatoms. The number of rotatable bonds is 6. The molecular formula is C27H26N6O2. The van der Waals surface area contributed by atoms with Gasteiger partial charge in [-0.15, -0.1) is 0 Å². The zero-order valence-electron chi connectivity index (χ0n) is 19.8. The van der Waals surface area contributed by atoms with Crippen LogP contribution in [0.25, 0.3) is 0 Å². The zero-order valence-corrected chi connectivity index (χ0v) is 19.8. The number of carbonyl (C=O) groups is 1. The molecule has 0 saturated carbocycles. The summed E-state index contributed by atoms with van der Waals surface area (Å²) in [6.07, 6.45) is 0. The highest BCUT2D eigenvalue weighted by Crippen LogP contribution is 2.35. The Kier molecular flexibility index (Phi) is 6.01. The number of allylic oxidation sites excluding steroid dienone is 1. The fraction of sp³-hybridized carbons (Fsp3) is 0.185. The second kappa shape index (κ2) is 9.42. The fourth-order valence-electron chi connectivity index (χ4n) is 4.18. The number of aryl methyl sites for hydroxylation is 1. The molecule has 1 amide bonds. The van der Waals surface area contributed by atoms with E-state index in [0.717, 1.165) is 33.7 Å². The number of carbonyl (C=O) groups excluding carboxylic acids is 1. The fourth-order valence-corrected chi connectivity index (χ4v) is 4.18. The van der Waals surface area contributed by atoms with Crippen LogP contribution in [0.1, 0.15) is 35.2 Å². The molecule has 2 heterocycles. The van der Waals surface area contributed by atoms with Crippen molar-refractivity contribution in [1.29, 1.82) is 0 Å². The van der Waals surface area contributed by atoms with E-state index < -0.39 is 6.04 Å². The van der Waals surface area contributed by atoms with E-state index in [4.69, 9.17) is 4.74 Å². The van der Waals surface area contributed by atoms with E-state index in [2.05, 4.69) is 26.2 Å². The summed E-state index contributed by atoms with van der Waals surface area (Å²) in [5, 5.41) is 18.3. The number of anilines is 2. The van der Waals surface area contributed by atoms with Gasteiger partial charge in [0.05, 0.1) is 5.57 Å². The highest BCUT2D eigenvalue weighted by Gasteiger charge is 2.34. The summed E-state index contributed by atoms with van der Waals surface area (Å²) in [6.45, 7) is 6.36. The number of hydrogen-bond acceptors (Lipinski definition) is 6. The number of amides is 1. The molecule has 176 valence electrons. The second-order valence-electron chi connectivity index (χ2n) is 8.56. The molecule has 2 N–H and O–H groups in total. The van der Waals surface area contributed by atoms with Gasteiger partial charge in [-0.05, 0) is 71.7 Å². The van der Waals surface area contributed by atoms with Crippen molar-refractivity contribution in [2.45, 2.75) is 33.4 Å². The summed E-state index contributed by atoms with van der Waals surface area (Å²) in [5.41, 5.74) is 6.13. The molecule has 0 fully saturated rings. The van der Waals surface area contributed by atoms with Crippen molar-refractivity contribution in [3.63, 3.8) is 0 Å². The van der Waals surface area contributed by atoms with Gasteiger partial charge in [0.15, 0.2) is 0 Å². The monoisotopic (exact) mass is 466 g/mol. The molecule has 1 aromatic heterocycles. The lowest BCUT2D eigenvalue weighted by atomic mass is 9.94. The van der Waals surface area contributed by atoms with Gasteiger partial charge in [0.1, 0.15) is 18.4 Å². The first-order valence-corrected chi connectivity index (χ1v) is 11.4. The predicted octanol–water partition coefficient (Wildman–Crippen LogP) is 4.80. The standard InChI is InChI=1S/C27H26N6O2/c1-17-8-7-11-23(18(17)2)29-26(34)24-19(3)28-27-30-31-32-33(27)25(24)21-12-14-22(15-13-21)35-16-20-9-5-4-6-10-20/h4-15,25H,16H2,1-3H3,(H,29,34)(H,28,30,32). The minimum Gasteiger partial charge on any atom is -0.489 e. The molecule has 0 bridgehead atoms. The van der Waals surface area contributed by atoms with Crippen LogP contribution in [-0.2, 0) is 11.4 Å². The van der Waals surface area contributed by atoms with E-state index in [1.807, 2.05) is 93.6 Å². The maximum Gasteiger partial charge on any atom is 0.255 e. The number of tetrazole rings is 1. The Morgan fingerprint density at radius 2 is 1.77 bits per heavy atom. The van der Waals surface area contributed by atoms with Crippen molar-refractivity contribution in [2.75, 3.05) is 10.6 Å². The van der Waals surface area contributed by atoms with Crippen molar-refractivity contribution < 1.29 is 9.53 Å². The molecule has 0 saturated heterocycles. The molecule has 3 aromatic carbocycles. The molecule has 1 atom stereocenters. The van der Waals surface area contributed by atoms with Gasteiger partial charge in [0, 0.05) is 11.4 Å². The maximum absolute atomic E-state index is 13.6. The Labute approximate surface area is 203 Å². The van der Waals surface area contributed by atoms with Crippen LogP contribution in [0.15, 0.2) is 84.1 Å². The van der Waals surface area contributed by atoms with Gasteiger partial charge in [0.2, 0.25) is 5.95 Å². The molecular weight excluding hydrogens is 440 g/mol. The number of hydrogen-bond donors (Lipinski definition) is 2. The lowest BCUT2D eigenvalue weighted by Crippen LogP contribution is -2.31. The molecule has 5 rings (SSSR count). The Morgan fingerprint density at radius 3 is 2.54 bits per heavy atom. The van der Waals surface area contributed by atoms with Crippen molar-refractivity contribution in [1.82, 2.24) is 20.2 Å². The van der Waals surface area contributed by atoms with Crippen LogP contribution in [-0.4, -0.2) is 26.1 Å². The smallest absolute Gasteiger partial charge is 0.255 e. The van der Waals surface area contributed by atoms with Gasteiger partial charge >= 0.3 is 0 Å². The Bertz CT molecular complexity index is 1390. The van der Waals surface area contributed by atoms with Gasteiger partial charge in [-0.3, -0.25) is 4.79 Å². The van der Waals surface area contributed by atoms with Gasteiger partial charge in [-0.2, -0.15) is 4.68 Å². The lowest BCUT2D eigenvalue weighted by molar-refractivity contribution is -0.113. The van der Waals surface area contributed by atoms with E-state index in [-0.39, 0.29) is 5.91 Å². The Balaban J connectivity index is 1.43.